The maximum Gasteiger partial charge on any atom is 0.239 e. The molecule has 0 bridgehead atoms. The van der Waals surface area contributed by atoms with Crippen molar-refractivity contribution in [3.63, 3.8) is 0 Å². The molecule has 6 heteroatoms. The zero-order valence-electron chi connectivity index (χ0n) is 16.4. The summed E-state index contributed by atoms with van der Waals surface area (Å²) in [6.07, 6.45) is 6.87. The van der Waals surface area contributed by atoms with E-state index in [9.17, 15) is 9.59 Å². The lowest BCUT2D eigenvalue weighted by Gasteiger charge is -2.37. The van der Waals surface area contributed by atoms with Crippen LogP contribution in [0, 0.1) is 5.92 Å². The van der Waals surface area contributed by atoms with Crippen LogP contribution in [-0.2, 0) is 9.59 Å². The molecule has 1 aromatic heterocycles. The number of hydrogen-bond acceptors (Lipinski definition) is 3. The second kappa shape index (κ2) is 7.80. The molecule has 6 nitrogen and oxygen atoms in total. The van der Waals surface area contributed by atoms with Gasteiger partial charge in [0.05, 0.1) is 12.0 Å². The van der Waals surface area contributed by atoms with Gasteiger partial charge in [-0.25, -0.2) is 0 Å². The Hall–Kier alpha value is -2.60. The van der Waals surface area contributed by atoms with Crippen LogP contribution in [-0.4, -0.2) is 58.8 Å². The highest BCUT2D eigenvalue weighted by Crippen LogP contribution is 2.30. The van der Waals surface area contributed by atoms with Crippen molar-refractivity contribution >= 4 is 28.3 Å². The van der Waals surface area contributed by atoms with Crippen LogP contribution in [0.4, 0.5) is 0 Å². The Labute approximate surface area is 165 Å². The first kappa shape index (κ1) is 18.7. The van der Waals surface area contributed by atoms with Crippen LogP contribution in [0.5, 0.6) is 0 Å². The monoisotopic (exact) mass is 380 g/mol. The van der Waals surface area contributed by atoms with Gasteiger partial charge < -0.3 is 15.6 Å². The average Bonchev–Trinajstić information content (AvgIpc) is 3.17. The van der Waals surface area contributed by atoms with E-state index in [-0.39, 0.29) is 23.8 Å². The van der Waals surface area contributed by atoms with Crippen molar-refractivity contribution in [1.29, 1.82) is 0 Å². The van der Waals surface area contributed by atoms with Gasteiger partial charge in [-0.15, -0.1) is 0 Å². The minimum absolute atomic E-state index is 0.106. The quantitative estimate of drug-likeness (QED) is 0.854. The molecule has 0 radical (unpaired) electrons. The van der Waals surface area contributed by atoms with Crippen LogP contribution in [0.3, 0.4) is 0 Å². The Morgan fingerprint density at radius 3 is 2.82 bits per heavy atom. The second-order valence-corrected chi connectivity index (χ2v) is 7.92. The van der Waals surface area contributed by atoms with E-state index in [0.717, 1.165) is 44.4 Å². The zero-order valence-corrected chi connectivity index (χ0v) is 16.4. The van der Waals surface area contributed by atoms with Gasteiger partial charge >= 0.3 is 0 Å². The number of H-pyrrole nitrogens is 1. The number of para-hydroxylation sites is 1. The van der Waals surface area contributed by atoms with Crippen LogP contribution in [0.15, 0.2) is 36.5 Å². The number of nitrogens with two attached hydrogens (primary N) is 1. The number of nitrogens with zero attached hydrogens (tertiary/aromatic N) is 2. The summed E-state index contributed by atoms with van der Waals surface area (Å²) in [5.74, 6) is -0.399. The summed E-state index contributed by atoms with van der Waals surface area (Å²) in [5, 5.41) is 1.25. The molecule has 2 aliphatic rings. The van der Waals surface area contributed by atoms with Crippen molar-refractivity contribution in [2.24, 2.45) is 11.7 Å². The number of primary amides is 1. The van der Waals surface area contributed by atoms with E-state index < -0.39 is 0 Å². The van der Waals surface area contributed by atoms with Gasteiger partial charge in [-0.1, -0.05) is 24.3 Å². The van der Waals surface area contributed by atoms with Crippen LogP contribution in [0.2, 0.25) is 0 Å². The molecule has 2 amide bonds. The molecule has 2 atom stereocenters. The van der Waals surface area contributed by atoms with Crippen molar-refractivity contribution < 1.29 is 9.59 Å². The average molecular weight is 380 g/mol. The van der Waals surface area contributed by atoms with Gasteiger partial charge in [0, 0.05) is 48.8 Å². The van der Waals surface area contributed by atoms with Gasteiger partial charge in [-0.2, -0.15) is 0 Å². The molecule has 2 aromatic rings. The molecular weight excluding hydrogens is 352 g/mol. The van der Waals surface area contributed by atoms with Crippen LogP contribution in [0.25, 0.3) is 16.5 Å². The Bertz CT molecular complexity index is 916. The first-order chi connectivity index (χ1) is 13.5. The predicted octanol–water partition coefficient (Wildman–Crippen LogP) is 2.37. The maximum atomic E-state index is 13.0. The lowest BCUT2D eigenvalue weighted by molar-refractivity contribution is -0.139. The summed E-state index contributed by atoms with van der Waals surface area (Å²) in [7, 11) is 0. The number of nitrogens with one attached hydrogen (secondary N) is 1. The van der Waals surface area contributed by atoms with Crippen molar-refractivity contribution in [1.82, 2.24) is 14.8 Å². The summed E-state index contributed by atoms with van der Waals surface area (Å²) in [4.78, 5) is 31.8. The summed E-state index contributed by atoms with van der Waals surface area (Å²) < 4.78 is 0. The Morgan fingerprint density at radius 1 is 1.25 bits per heavy atom. The number of benzene rings is 1. The third-order valence-electron chi connectivity index (χ3n) is 6.22. The molecule has 3 heterocycles. The topological polar surface area (TPSA) is 82.4 Å². The minimum Gasteiger partial charge on any atom is -0.369 e. The SMILES string of the molecule is C[C@@H](C(=O)N1CCC[C@@H](C(N)=O)C1)N1CC=C(c2c[nH]c3ccccc23)CC1. The standard InChI is InChI=1S/C22H28N4O2/c1-15(22(28)26-10-4-5-17(14-26)21(23)27)25-11-8-16(9-12-25)19-13-24-20-7-3-2-6-18(19)20/h2-3,6-8,13,15,17,24H,4-5,9-12,14H2,1H3,(H2,23,27)/t15-,17+/m0/s1. The van der Waals surface area contributed by atoms with Crippen molar-refractivity contribution in [2.45, 2.75) is 32.2 Å². The summed E-state index contributed by atoms with van der Waals surface area (Å²) in [6, 6.07) is 8.15. The van der Waals surface area contributed by atoms with Gasteiger partial charge in [-0.05, 0) is 37.8 Å². The molecule has 2 aliphatic heterocycles. The Kier molecular flexibility index (Phi) is 5.22. The second-order valence-electron chi connectivity index (χ2n) is 7.92. The fraction of sp³-hybridized carbons (Fsp3) is 0.455. The van der Waals surface area contributed by atoms with E-state index in [0.29, 0.717) is 6.54 Å². The number of fused-ring (bicyclic) bond motifs is 1. The number of hydrogen-bond donors (Lipinski definition) is 2. The van der Waals surface area contributed by atoms with Crippen LogP contribution in [0.1, 0.15) is 31.7 Å². The van der Waals surface area contributed by atoms with E-state index in [1.165, 1.54) is 16.5 Å². The fourth-order valence-corrected chi connectivity index (χ4v) is 4.45. The van der Waals surface area contributed by atoms with Gasteiger partial charge in [0.2, 0.25) is 11.8 Å². The van der Waals surface area contributed by atoms with Gasteiger partial charge in [-0.3, -0.25) is 14.5 Å². The highest BCUT2D eigenvalue weighted by Gasteiger charge is 2.32. The van der Waals surface area contributed by atoms with E-state index in [1.54, 1.807) is 0 Å². The maximum absolute atomic E-state index is 13.0. The lowest BCUT2D eigenvalue weighted by atomic mass is 9.96. The molecule has 4 rings (SSSR count). The van der Waals surface area contributed by atoms with Crippen molar-refractivity contribution in [3.8, 4) is 0 Å². The first-order valence-electron chi connectivity index (χ1n) is 10.1. The molecule has 28 heavy (non-hydrogen) atoms. The number of piperidine rings is 1. The molecule has 0 saturated carbocycles. The zero-order chi connectivity index (χ0) is 19.7. The Morgan fingerprint density at radius 2 is 2.07 bits per heavy atom. The van der Waals surface area contributed by atoms with Crippen LogP contribution < -0.4 is 5.73 Å². The van der Waals surface area contributed by atoms with Gasteiger partial charge in [0.15, 0.2) is 0 Å². The summed E-state index contributed by atoms with van der Waals surface area (Å²) >= 11 is 0. The molecule has 1 saturated heterocycles. The molecule has 0 aliphatic carbocycles. The van der Waals surface area contributed by atoms with Crippen molar-refractivity contribution in [3.05, 3.63) is 42.1 Å². The first-order valence-corrected chi connectivity index (χ1v) is 10.1. The summed E-state index contributed by atoms with van der Waals surface area (Å²) in [5.41, 5.74) is 9.20. The van der Waals surface area contributed by atoms with E-state index >= 15 is 0 Å². The van der Waals surface area contributed by atoms with Gasteiger partial charge in [0.25, 0.3) is 0 Å². The third-order valence-corrected chi connectivity index (χ3v) is 6.22. The molecule has 1 fully saturated rings. The molecule has 1 aromatic carbocycles. The van der Waals surface area contributed by atoms with E-state index in [1.807, 2.05) is 17.9 Å². The highest BCUT2D eigenvalue weighted by atomic mass is 16.2. The lowest BCUT2D eigenvalue weighted by Crippen LogP contribution is -2.52. The number of aromatic amines is 1. The number of likely N-dealkylation sites (tertiary alicyclic amines) is 1. The largest absolute Gasteiger partial charge is 0.369 e. The normalized spacial score (nSPS) is 22.1. The van der Waals surface area contributed by atoms with Crippen LogP contribution >= 0.6 is 0 Å². The van der Waals surface area contributed by atoms with E-state index in [4.69, 9.17) is 5.73 Å². The number of amides is 2. The smallest absolute Gasteiger partial charge is 0.239 e. The fourth-order valence-electron chi connectivity index (χ4n) is 4.45. The number of carbonyl (C=O) groups is 2. The molecule has 0 spiro atoms. The molecule has 0 unspecified atom stereocenters. The van der Waals surface area contributed by atoms with Gasteiger partial charge in [0.1, 0.15) is 0 Å². The predicted molar refractivity (Wildman–Crippen MR) is 110 cm³/mol. The summed E-state index contributed by atoms with van der Waals surface area (Å²) in [6.45, 7) is 4.76. The van der Waals surface area contributed by atoms with E-state index in [2.05, 4.69) is 40.4 Å². The van der Waals surface area contributed by atoms with Crippen molar-refractivity contribution in [2.75, 3.05) is 26.2 Å². The third kappa shape index (κ3) is 3.56. The Balaban J connectivity index is 1.42. The molecule has 3 N–H and O–H groups in total. The molecule has 148 valence electrons. The number of rotatable bonds is 4. The highest BCUT2D eigenvalue weighted by molar-refractivity contribution is 5.92. The number of carbonyl (C=O) groups excluding carboxylic acids is 2. The molecular formula is C22H28N4O2. The minimum atomic E-state index is -0.297. The number of aromatic nitrogens is 1.